The number of pyridine rings is 1. The maximum absolute atomic E-state index is 9.30. The van der Waals surface area contributed by atoms with Crippen LogP contribution in [0.1, 0.15) is 0 Å². The normalized spacial score (nSPS) is 10.7. The summed E-state index contributed by atoms with van der Waals surface area (Å²) >= 11 is 4.70. The molecule has 1 N–H and O–H groups in total. The van der Waals surface area contributed by atoms with Gasteiger partial charge in [0, 0.05) is 10.7 Å². The summed E-state index contributed by atoms with van der Waals surface area (Å²) in [5.74, 6) is 0.200. The van der Waals surface area contributed by atoms with Gasteiger partial charge in [-0.05, 0) is 74.5 Å². The Morgan fingerprint density at radius 2 is 1.90 bits per heavy atom. The van der Waals surface area contributed by atoms with Gasteiger partial charge in [-0.15, -0.1) is 5.10 Å². The van der Waals surface area contributed by atoms with Crippen LogP contribution in [-0.2, 0) is 0 Å². The molecule has 6 nitrogen and oxygen atoms in total. The second-order valence-electron chi connectivity index (χ2n) is 3.81. The number of rotatable bonds is 3. The van der Waals surface area contributed by atoms with E-state index in [1.807, 2.05) is 12.1 Å². The zero-order chi connectivity index (χ0) is 13.9. The first kappa shape index (κ1) is 13.1. The van der Waals surface area contributed by atoms with Crippen molar-refractivity contribution >= 4 is 27.7 Å². The van der Waals surface area contributed by atoms with Crippen LogP contribution in [0, 0.1) is 0 Å². The summed E-state index contributed by atoms with van der Waals surface area (Å²) in [6, 6.07) is 10.4. The lowest BCUT2D eigenvalue weighted by molar-refractivity contribution is 0.475. The summed E-state index contributed by atoms with van der Waals surface area (Å²) in [6.07, 6.45) is 1.72. The number of phenols is 1. The number of nitrogens with zero attached hydrogens (tertiary/aromatic N) is 5. The molecule has 0 atom stereocenters. The first-order chi connectivity index (χ1) is 9.72. The molecular weight excluding hydrogens is 342 g/mol. The Balaban J connectivity index is 1.90. The van der Waals surface area contributed by atoms with Crippen molar-refractivity contribution in [2.24, 2.45) is 0 Å². The van der Waals surface area contributed by atoms with Gasteiger partial charge in [0.05, 0.1) is 5.69 Å². The minimum Gasteiger partial charge on any atom is -0.508 e. The van der Waals surface area contributed by atoms with E-state index in [0.717, 1.165) is 15.2 Å². The zero-order valence-electron chi connectivity index (χ0n) is 10.0. The lowest BCUT2D eigenvalue weighted by Gasteiger charge is -2.03. The molecule has 0 saturated carbocycles. The van der Waals surface area contributed by atoms with Crippen LogP contribution in [0.2, 0.25) is 0 Å². The molecule has 0 saturated heterocycles. The molecule has 0 fully saturated rings. The number of benzene rings is 1. The Morgan fingerprint density at radius 1 is 1.10 bits per heavy atom. The third kappa shape index (κ3) is 2.81. The quantitative estimate of drug-likeness (QED) is 0.783. The highest BCUT2D eigenvalue weighted by Gasteiger charge is 2.10. The molecule has 3 rings (SSSR count). The van der Waals surface area contributed by atoms with E-state index >= 15 is 0 Å². The fraction of sp³-hybridized carbons (Fsp3) is 0. The molecular formula is C12H8BrN5OS. The van der Waals surface area contributed by atoms with Crippen molar-refractivity contribution in [3.63, 3.8) is 0 Å². The van der Waals surface area contributed by atoms with Crippen LogP contribution in [0.4, 0.5) is 0 Å². The van der Waals surface area contributed by atoms with Gasteiger partial charge in [0.15, 0.2) is 0 Å². The lowest BCUT2D eigenvalue weighted by Crippen LogP contribution is -1.98. The number of tetrazole rings is 1. The third-order valence-corrected chi connectivity index (χ3v) is 3.79. The zero-order valence-corrected chi connectivity index (χ0v) is 12.4. The summed E-state index contributed by atoms with van der Waals surface area (Å²) in [7, 11) is 0. The molecule has 20 heavy (non-hydrogen) atoms. The highest BCUT2D eigenvalue weighted by atomic mass is 79.9. The second-order valence-corrected chi connectivity index (χ2v) is 5.71. The van der Waals surface area contributed by atoms with E-state index in [2.05, 4.69) is 36.4 Å². The minimum atomic E-state index is 0.200. The summed E-state index contributed by atoms with van der Waals surface area (Å²) in [4.78, 5) is 4.27. The van der Waals surface area contributed by atoms with Gasteiger partial charge in [0.2, 0.25) is 5.16 Å². The topological polar surface area (TPSA) is 76.7 Å². The second kappa shape index (κ2) is 5.59. The summed E-state index contributed by atoms with van der Waals surface area (Å²) in [5, 5.41) is 22.3. The number of hydrogen-bond acceptors (Lipinski definition) is 6. The largest absolute Gasteiger partial charge is 0.508 e. The van der Waals surface area contributed by atoms with Crippen LogP contribution in [0.3, 0.4) is 0 Å². The van der Waals surface area contributed by atoms with Gasteiger partial charge in [0.25, 0.3) is 0 Å². The number of phenolic OH excluding ortho intramolecular Hbond substituents is 1. The van der Waals surface area contributed by atoms with Gasteiger partial charge >= 0.3 is 0 Å². The molecule has 0 unspecified atom stereocenters. The van der Waals surface area contributed by atoms with E-state index in [1.165, 1.54) is 11.8 Å². The molecule has 100 valence electrons. The Labute approximate surface area is 127 Å². The minimum absolute atomic E-state index is 0.200. The van der Waals surface area contributed by atoms with Crippen LogP contribution in [0.15, 0.2) is 57.3 Å². The van der Waals surface area contributed by atoms with Gasteiger partial charge in [-0.2, -0.15) is 4.68 Å². The van der Waals surface area contributed by atoms with Crippen LogP contribution < -0.4 is 0 Å². The van der Waals surface area contributed by atoms with E-state index in [1.54, 1.807) is 35.1 Å². The molecule has 1 aromatic carbocycles. The Bertz CT molecular complexity index is 713. The highest BCUT2D eigenvalue weighted by Crippen LogP contribution is 2.26. The van der Waals surface area contributed by atoms with Crippen molar-refractivity contribution in [2.75, 3.05) is 0 Å². The summed E-state index contributed by atoms with van der Waals surface area (Å²) in [5.41, 5.74) is 0.771. The van der Waals surface area contributed by atoms with Crippen molar-refractivity contribution in [3.8, 4) is 11.4 Å². The molecule has 2 aromatic heterocycles. The molecule has 0 radical (unpaired) electrons. The van der Waals surface area contributed by atoms with E-state index in [0.29, 0.717) is 5.16 Å². The fourth-order valence-electron chi connectivity index (χ4n) is 1.51. The van der Waals surface area contributed by atoms with Gasteiger partial charge in [-0.25, -0.2) is 4.98 Å². The Kier molecular flexibility index (Phi) is 3.66. The van der Waals surface area contributed by atoms with Gasteiger partial charge in [0.1, 0.15) is 10.8 Å². The van der Waals surface area contributed by atoms with Crippen molar-refractivity contribution in [2.45, 2.75) is 10.2 Å². The van der Waals surface area contributed by atoms with Crippen molar-refractivity contribution in [3.05, 3.63) is 47.1 Å². The van der Waals surface area contributed by atoms with E-state index in [4.69, 9.17) is 0 Å². The average molecular weight is 350 g/mol. The molecule has 2 heterocycles. The molecule has 0 amide bonds. The third-order valence-electron chi connectivity index (χ3n) is 2.43. The lowest BCUT2D eigenvalue weighted by atomic mass is 10.3. The van der Waals surface area contributed by atoms with Crippen molar-refractivity contribution in [1.29, 1.82) is 0 Å². The van der Waals surface area contributed by atoms with Gasteiger partial charge in [-0.3, -0.25) is 0 Å². The first-order valence-corrected chi connectivity index (χ1v) is 7.20. The predicted molar refractivity (Wildman–Crippen MR) is 76.9 cm³/mol. The highest BCUT2D eigenvalue weighted by molar-refractivity contribution is 9.10. The molecule has 0 aliphatic rings. The molecule has 8 heteroatoms. The predicted octanol–water partition coefficient (Wildman–Crippen LogP) is 2.68. The number of hydrogen-bond donors (Lipinski definition) is 1. The molecule has 0 aliphatic carbocycles. The molecule has 0 bridgehead atoms. The van der Waals surface area contributed by atoms with E-state index in [9.17, 15) is 5.11 Å². The maximum Gasteiger partial charge on any atom is 0.220 e. The smallest absolute Gasteiger partial charge is 0.220 e. The first-order valence-electron chi connectivity index (χ1n) is 5.59. The standard InChI is InChI=1S/C12H8BrN5OS/c13-8-1-6-11(14-7-8)20-12-15-16-17-18(12)9-2-4-10(19)5-3-9/h1-7,19H. The number of aromatic nitrogens is 5. The Hall–Kier alpha value is -1.93. The molecule has 0 aliphatic heterocycles. The summed E-state index contributed by atoms with van der Waals surface area (Å²) in [6.45, 7) is 0. The number of aromatic hydroxyl groups is 1. The van der Waals surface area contributed by atoms with E-state index < -0.39 is 0 Å². The SMILES string of the molecule is Oc1ccc(-n2nnnc2Sc2ccc(Br)cn2)cc1. The summed E-state index contributed by atoms with van der Waals surface area (Å²) < 4.78 is 2.51. The monoisotopic (exact) mass is 349 g/mol. The fourth-order valence-corrected chi connectivity index (χ4v) is 2.48. The Morgan fingerprint density at radius 3 is 2.60 bits per heavy atom. The maximum atomic E-state index is 9.30. The van der Waals surface area contributed by atoms with Crippen LogP contribution in [0.5, 0.6) is 5.75 Å². The van der Waals surface area contributed by atoms with Crippen molar-refractivity contribution in [1.82, 2.24) is 25.2 Å². The average Bonchev–Trinajstić information content (AvgIpc) is 2.90. The number of halogens is 1. The van der Waals surface area contributed by atoms with Crippen LogP contribution in [0.25, 0.3) is 5.69 Å². The van der Waals surface area contributed by atoms with Crippen molar-refractivity contribution < 1.29 is 5.11 Å². The molecule has 0 spiro atoms. The van der Waals surface area contributed by atoms with Gasteiger partial charge in [-0.1, -0.05) is 0 Å². The van der Waals surface area contributed by atoms with Crippen LogP contribution >= 0.6 is 27.7 Å². The van der Waals surface area contributed by atoms with Crippen LogP contribution in [-0.4, -0.2) is 30.3 Å². The van der Waals surface area contributed by atoms with E-state index in [-0.39, 0.29) is 5.75 Å². The van der Waals surface area contributed by atoms with Gasteiger partial charge < -0.3 is 5.11 Å². The molecule has 3 aromatic rings.